The summed E-state index contributed by atoms with van der Waals surface area (Å²) in [6.45, 7) is 4.23. The summed E-state index contributed by atoms with van der Waals surface area (Å²) in [7, 11) is 0. The van der Waals surface area contributed by atoms with Crippen molar-refractivity contribution in [2.45, 2.75) is 52.0 Å². The number of benzene rings is 1. The summed E-state index contributed by atoms with van der Waals surface area (Å²) in [5.41, 5.74) is 2.64. The molecule has 1 N–H and O–H groups in total. The Morgan fingerprint density at radius 2 is 2.06 bits per heavy atom. The number of hydrogen-bond acceptors (Lipinski definition) is 1. The van der Waals surface area contributed by atoms with E-state index in [-0.39, 0.29) is 0 Å². The molecule has 0 radical (unpaired) electrons. The van der Waals surface area contributed by atoms with Crippen molar-refractivity contribution >= 4 is 11.6 Å². The van der Waals surface area contributed by atoms with Crippen LogP contribution in [0.2, 0.25) is 5.02 Å². The SMILES string of the molecule is Cc1cc(Cl)ccc1CNCCCC1CCCC1. The molecule has 0 saturated heterocycles. The molecule has 100 valence electrons. The minimum absolute atomic E-state index is 0.831. The maximum absolute atomic E-state index is 5.95. The van der Waals surface area contributed by atoms with Crippen LogP contribution in [0.3, 0.4) is 0 Å². The van der Waals surface area contributed by atoms with Gasteiger partial charge in [-0.25, -0.2) is 0 Å². The van der Waals surface area contributed by atoms with E-state index >= 15 is 0 Å². The van der Waals surface area contributed by atoms with E-state index in [0.29, 0.717) is 0 Å². The van der Waals surface area contributed by atoms with Gasteiger partial charge in [-0.1, -0.05) is 43.4 Å². The molecular formula is C16H24ClN. The molecule has 1 aromatic rings. The fourth-order valence-electron chi connectivity index (χ4n) is 2.90. The lowest BCUT2D eigenvalue weighted by atomic mass is 10.0. The first-order valence-corrected chi connectivity index (χ1v) is 7.59. The number of halogens is 1. The Morgan fingerprint density at radius 1 is 1.28 bits per heavy atom. The lowest BCUT2D eigenvalue weighted by Crippen LogP contribution is -2.16. The first kappa shape index (κ1) is 13.9. The summed E-state index contributed by atoms with van der Waals surface area (Å²) < 4.78 is 0. The van der Waals surface area contributed by atoms with Crippen molar-refractivity contribution in [2.24, 2.45) is 5.92 Å². The number of rotatable bonds is 6. The standard InChI is InChI=1S/C16H24ClN/c1-13-11-16(17)9-8-15(13)12-18-10-4-7-14-5-2-3-6-14/h8-9,11,14,18H,2-7,10,12H2,1H3. The molecule has 1 aliphatic rings. The van der Waals surface area contributed by atoms with Gasteiger partial charge in [0.05, 0.1) is 0 Å². The van der Waals surface area contributed by atoms with E-state index in [4.69, 9.17) is 11.6 Å². The van der Waals surface area contributed by atoms with Gasteiger partial charge in [0.15, 0.2) is 0 Å². The van der Waals surface area contributed by atoms with Crippen LogP contribution in [0.1, 0.15) is 49.7 Å². The van der Waals surface area contributed by atoms with E-state index < -0.39 is 0 Å². The van der Waals surface area contributed by atoms with E-state index in [1.54, 1.807) is 0 Å². The van der Waals surface area contributed by atoms with E-state index in [2.05, 4.69) is 18.3 Å². The third-order valence-electron chi connectivity index (χ3n) is 4.06. The highest BCUT2D eigenvalue weighted by molar-refractivity contribution is 6.30. The van der Waals surface area contributed by atoms with Gasteiger partial charge in [0.25, 0.3) is 0 Å². The maximum atomic E-state index is 5.95. The van der Waals surface area contributed by atoms with E-state index in [1.165, 1.54) is 49.7 Å². The van der Waals surface area contributed by atoms with Gasteiger partial charge in [0.2, 0.25) is 0 Å². The summed E-state index contributed by atoms with van der Waals surface area (Å²) >= 11 is 5.95. The minimum atomic E-state index is 0.831. The molecule has 1 saturated carbocycles. The Labute approximate surface area is 116 Å². The molecule has 18 heavy (non-hydrogen) atoms. The van der Waals surface area contributed by atoms with Gasteiger partial charge in [-0.15, -0.1) is 0 Å². The second-order valence-corrected chi connectivity index (χ2v) is 5.98. The van der Waals surface area contributed by atoms with Gasteiger partial charge in [-0.2, -0.15) is 0 Å². The van der Waals surface area contributed by atoms with Crippen molar-refractivity contribution in [1.82, 2.24) is 5.32 Å². The van der Waals surface area contributed by atoms with Crippen LogP contribution >= 0.6 is 11.6 Å². The lowest BCUT2D eigenvalue weighted by Gasteiger charge is -2.10. The van der Waals surface area contributed by atoms with Crippen LogP contribution in [0.15, 0.2) is 18.2 Å². The average Bonchev–Trinajstić information content (AvgIpc) is 2.84. The van der Waals surface area contributed by atoms with E-state index in [0.717, 1.165) is 24.0 Å². The largest absolute Gasteiger partial charge is 0.313 e. The van der Waals surface area contributed by atoms with Crippen LogP contribution < -0.4 is 5.32 Å². The molecule has 1 nitrogen and oxygen atoms in total. The molecule has 0 unspecified atom stereocenters. The highest BCUT2D eigenvalue weighted by Crippen LogP contribution is 2.28. The smallest absolute Gasteiger partial charge is 0.0408 e. The number of nitrogens with one attached hydrogen (secondary N) is 1. The second-order valence-electron chi connectivity index (χ2n) is 5.54. The van der Waals surface area contributed by atoms with Crippen molar-refractivity contribution in [3.05, 3.63) is 34.3 Å². The number of aryl methyl sites for hydroxylation is 1. The molecule has 0 aromatic heterocycles. The predicted molar refractivity (Wildman–Crippen MR) is 79.1 cm³/mol. The fourth-order valence-corrected chi connectivity index (χ4v) is 3.12. The van der Waals surface area contributed by atoms with Gasteiger partial charge in [-0.05, 0) is 55.5 Å². The van der Waals surface area contributed by atoms with Gasteiger partial charge in [-0.3, -0.25) is 0 Å². The van der Waals surface area contributed by atoms with Crippen molar-refractivity contribution in [2.75, 3.05) is 6.54 Å². The third-order valence-corrected chi connectivity index (χ3v) is 4.30. The van der Waals surface area contributed by atoms with Gasteiger partial charge in [0, 0.05) is 11.6 Å². The zero-order valence-electron chi connectivity index (χ0n) is 11.3. The monoisotopic (exact) mass is 265 g/mol. The molecule has 0 bridgehead atoms. The first-order chi connectivity index (χ1) is 8.75. The lowest BCUT2D eigenvalue weighted by molar-refractivity contribution is 0.470. The van der Waals surface area contributed by atoms with Crippen LogP contribution in [-0.4, -0.2) is 6.54 Å². The topological polar surface area (TPSA) is 12.0 Å². The van der Waals surface area contributed by atoms with Gasteiger partial charge < -0.3 is 5.32 Å². The zero-order chi connectivity index (χ0) is 12.8. The molecular weight excluding hydrogens is 242 g/mol. The van der Waals surface area contributed by atoms with Crippen molar-refractivity contribution < 1.29 is 0 Å². The predicted octanol–water partition coefficient (Wildman–Crippen LogP) is 4.71. The van der Waals surface area contributed by atoms with Gasteiger partial charge >= 0.3 is 0 Å². The Balaban J connectivity index is 1.62. The van der Waals surface area contributed by atoms with Crippen molar-refractivity contribution in [3.8, 4) is 0 Å². The molecule has 1 fully saturated rings. The molecule has 0 heterocycles. The molecule has 0 amide bonds. The molecule has 2 heteroatoms. The summed E-state index contributed by atoms with van der Waals surface area (Å²) in [6.07, 6.45) is 8.58. The molecule has 1 aromatic carbocycles. The average molecular weight is 266 g/mol. The van der Waals surface area contributed by atoms with Crippen LogP contribution in [-0.2, 0) is 6.54 Å². The van der Waals surface area contributed by atoms with Crippen LogP contribution in [0.5, 0.6) is 0 Å². The van der Waals surface area contributed by atoms with Gasteiger partial charge in [0.1, 0.15) is 0 Å². The van der Waals surface area contributed by atoms with Crippen molar-refractivity contribution in [1.29, 1.82) is 0 Å². The summed E-state index contributed by atoms with van der Waals surface area (Å²) in [5.74, 6) is 1.02. The Hall–Kier alpha value is -0.530. The molecule has 0 aliphatic heterocycles. The molecule has 2 rings (SSSR count). The summed E-state index contributed by atoms with van der Waals surface area (Å²) in [4.78, 5) is 0. The highest BCUT2D eigenvalue weighted by atomic mass is 35.5. The Kier molecular flexibility index (Phi) is 5.52. The molecule has 0 atom stereocenters. The number of hydrogen-bond donors (Lipinski definition) is 1. The minimum Gasteiger partial charge on any atom is -0.313 e. The Bertz CT molecular complexity index is 369. The van der Waals surface area contributed by atoms with Crippen LogP contribution in [0, 0.1) is 12.8 Å². The molecule has 0 spiro atoms. The maximum Gasteiger partial charge on any atom is 0.0408 e. The zero-order valence-corrected chi connectivity index (χ0v) is 12.1. The first-order valence-electron chi connectivity index (χ1n) is 7.21. The highest BCUT2D eigenvalue weighted by Gasteiger charge is 2.13. The van der Waals surface area contributed by atoms with Crippen molar-refractivity contribution in [3.63, 3.8) is 0 Å². The normalized spacial score (nSPS) is 16.3. The van der Waals surface area contributed by atoms with Crippen LogP contribution in [0.25, 0.3) is 0 Å². The van der Waals surface area contributed by atoms with E-state index in [1.807, 2.05) is 12.1 Å². The Morgan fingerprint density at radius 3 is 2.78 bits per heavy atom. The summed E-state index contributed by atoms with van der Waals surface area (Å²) in [5, 5.41) is 4.37. The van der Waals surface area contributed by atoms with E-state index in [9.17, 15) is 0 Å². The van der Waals surface area contributed by atoms with Crippen LogP contribution in [0.4, 0.5) is 0 Å². The molecule has 1 aliphatic carbocycles. The third kappa shape index (κ3) is 4.29. The second kappa shape index (κ2) is 7.16. The summed E-state index contributed by atoms with van der Waals surface area (Å²) in [6, 6.07) is 6.14. The fraction of sp³-hybridized carbons (Fsp3) is 0.625. The quantitative estimate of drug-likeness (QED) is 0.735.